The molecule has 132 valence electrons. The minimum absolute atomic E-state index is 0.0634. The van der Waals surface area contributed by atoms with Gasteiger partial charge in [-0.15, -0.1) is 0 Å². The highest BCUT2D eigenvalue weighted by molar-refractivity contribution is 5.75. The molecular weight excluding hydrogens is 304 g/mol. The van der Waals surface area contributed by atoms with Gasteiger partial charge in [-0.25, -0.2) is 0 Å². The molecule has 0 spiro atoms. The zero-order valence-corrected chi connectivity index (χ0v) is 14.4. The quantitative estimate of drug-likeness (QED) is 0.316. The third-order valence-electron chi connectivity index (χ3n) is 5.16. The van der Waals surface area contributed by atoms with Crippen molar-refractivity contribution in [1.29, 1.82) is 0 Å². The van der Waals surface area contributed by atoms with E-state index in [0.717, 1.165) is 25.7 Å². The fourth-order valence-corrected chi connectivity index (χ4v) is 3.65. The molecule has 0 heterocycles. The van der Waals surface area contributed by atoms with Gasteiger partial charge in [0, 0.05) is 0 Å². The Morgan fingerprint density at radius 2 is 1.42 bits per heavy atom. The lowest BCUT2D eigenvalue weighted by atomic mass is 9.89. The van der Waals surface area contributed by atoms with Gasteiger partial charge in [0.2, 0.25) is 0 Å². The van der Waals surface area contributed by atoms with Crippen LogP contribution >= 0.6 is 0 Å². The number of ether oxygens (including phenoxy) is 1. The SMILES string of the molecule is O=C(Oc1ccc(OOCC2CCCCC2)cc1)C1CCCCC1. The Morgan fingerprint density at radius 1 is 0.833 bits per heavy atom. The molecule has 3 rings (SSSR count). The van der Waals surface area contributed by atoms with Crippen LogP contribution in [0, 0.1) is 11.8 Å². The van der Waals surface area contributed by atoms with Crippen LogP contribution in [0.5, 0.6) is 11.5 Å². The van der Waals surface area contributed by atoms with Gasteiger partial charge in [-0.2, -0.15) is 4.89 Å². The molecule has 0 N–H and O–H groups in total. The van der Waals surface area contributed by atoms with Crippen molar-refractivity contribution in [2.75, 3.05) is 6.61 Å². The molecular formula is C20H28O4. The molecule has 4 nitrogen and oxygen atoms in total. The van der Waals surface area contributed by atoms with E-state index in [4.69, 9.17) is 14.5 Å². The average molecular weight is 332 g/mol. The standard InChI is InChI=1S/C20H28O4/c21-20(17-9-5-2-6-10-17)23-18-11-13-19(14-12-18)24-22-15-16-7-3-1-4-8-16/h11-14,16-17H,1-10,15H2. The lowest BCUT2D eigenvalue weighted by Crippen LogP contribution is -2.22. The summed E-state index contributed by atoms with van der Waals surface area (Å²) in [5.41, 5.74) is 0. The van der Waals surface area contributed by atoms with E-state index in [1.54, 1.807) is 24.3 Å². The Hall–Kier alpha value is -1.55. The summed E-state index contributed by atoms with van der Waals surface area (Å²) in [6.07, 6.45) is 11.8. The first-order chi connectivity index (χ1) is 11.8. The van der Waals surface area contributed by atoms with Crippen LogP contribution in [0.4, 0.5) is 0 Å². The van der Waals surface area contributed by atoms with Crippen LogP contribution in [-0.2, 0) is 9.68 Å². The summed E-state index contributed by atoms with van der Waals surface area (Å²) in [5, 5.41) is 0. The molecule has 0 amide bonds. The lowest BCUT2D eigenvalue weighted by Gasteiger charge is -2.20. The van der Waals surface area contributed by atoms with E-state index in [2.05, 4.69) is 0 Å². The van der Waals surface area contributed by atoms with Crippen molar-refractivity contribution in [2.24, 2.45) is 11.8 Å². The molecule has 24 heavy (non-hydrogen) atoms. The summed E-state index contributed by atoms with van der Waals surface area (Å²) in [6, 6.07) is 7.09. The number of hydrogen-bond acceptors (Lipinski definition) is 4. The first-order valence-corrected chi connectivity index (χ1v) is 9.42. The van der Waals surface area contributed by atoms with Gasteiger partial charge < -0.3 is 9.62 Å². The third-order valence-corrected chi connectivity index (χ3v) is 5.16. The van der Waals surface area contributed by atoms with Gasteiger partial charge in [0.15, 0.2) is 5.75 Å². The van der Waals surface area contributed by atoms with E-state index < -0.39 is 0 Å². The Morgan fingerprint density at radius 3 is 2.08 bits per heavy atom. The minimum Gasteiger partial charge on any atom is -0.426 e. The van der Waals surface area contributed by atoms with Crippen LogP contribution in [0.25, 0.3) is 0 Å². The third kappa shape index (κ3) is 5.23. The number of hydrogen-bond donors (Lipinski definition) is 0. The van der Waals surface area contributed by atoms with Crippen LogP contribution in [-0.4, -0.2) is 12.6 Å². The zero-order chi connectivity index (χ0) is 16.6. The van der Waals surface area contributed by atoms with E-state index in [9.17, 15) is 4.79 Å². The smallest absolute Gasteiger partial charge is 0.314 e. The van der Waals surface area contributed by atoms with Crippen LogP contribution in [0.3, 0.4) is 0 Å². The number of benzene rings is 1. The van der Waals surface area contributed by atoms with Gasteiger partial charge in [0.05, 0.1) is 12.5 Å². The Kier molecular flexibility index (Phi) is 6.53. The van der Waals surface area contributed by atoms with Gasteiger partial charge in [-0.1, -0.05) is 38.5 Å². The molecule has 2 fully saturated rings. The highest BCUT2D eigenvalue weighted by Gasteiger charge is 2.23. The summed E-state index contributed by atoms with van der Waals surface area (Å²) >= 11 is 0. The second kappa shape index (κ2) is 9.07. The summed E-state index contributed by atoms with van der Waals surface area (Å²) in [5.74, 6) is 1.80. The van der Waals surface area contributed by atoms with Crippen LogP contribution in [0.15, 0.2) is 24.3 Å². The van der Waals surface area contributed by atoms with Gasteiger partial charge in [0.25, 0.3) is 0 Å². The van der Waals surface area contributed by atoms with E-state index in [0.29, 0.717) is 24.0 Å². The normalized spacial score (nSPS) is 19.8. The van der Waals surface area contributed by atoms with Crippen molar-refractivity contribution in [3.8, 4) is 11.5 Å². The summed E-state index contributed by atoms with van der Waals surface area (Å²) < 4.78 is 5.47. The minimum atomic E-state index is -0.100. The molecule has 0 aromatic heterocycles. The van der Waals surface area contributed by atoms with E-state index in [-0.39, 0.29) is 11.9 Å². The maximum Gasteiger partial charge on any atom is 0.314 e. The van der Waals surface area contributed by atoms with Crippen molar-refractivity contribution in [3.63, 3.8) is 0 Å². The Balaban J connectivity index is 1.40. The van der Waals surface area contributed by atoms with Gasteiger partial charge in [-0.3, -0.25) is 4.79 Å². The number of carbonyl (C=O) groups excluding carboxylic acids is 1. The molecule has 4 heteroatoms. The molecule has 0 saturated heterocycles. The highest BCUT2D eigenvalue weighted by atomic mass is 17.2. The monoisotopic (exact) mass is 332 g/mol. The predicted octanol–water partition coefficient (Wildman–Crippen LogP) is 5.06. The number of esters is 1. The van der Waals surface area contributed by atoms with Gasteiger partial charge >= 0.3 is 5.97 Å². The van der Waals surface area contributed by atoms with Gasteiger partial charge in [-0.05, 0) is 55.9 Å². The Labute approximate surface area is 144 Å². The second-order valence-electron chi connectivity index (χ2n) is 7.10. The van der Waals surface area contributed by atoms with E-state index >= 15 is 0 Å². The molecule has 0 bridgehead atoms. The molecule has 0 aliphatic heterocycles. The Bertz CT molecular complexity index is 499. The lowest BCUT2D eigenvalue weighted by molar-refractivity contribution is -0.218. The fraction of sp³-hybridized carbons (Fsp3) is 0.650. The first kappa shape index (κ1) is 17.3. The molecule has 1 aromatic rings. The molecule has 0 atom stereocenters. The molecule has 0 unspecified atom stereocenters. The molecule has 0 radical (unpaired) electrons. The van der Waals surface area contributed by atoms with Crippen molar-refractivity contribution in [2.45, 2.75) is 64.2 Å². The number of rotatable bonds is 6. The van der Waals surface area contributed by atoms with Crippen molar-refractivity contribution in [3.05, 3.63) is 24.3 Å². The largest absolute Gasteiger partial charge is 0.426 e. The summed E-state index contributed by atoms with van der Waals surface area (Å²) in [4.78, 5) is 22.8. The summed E-state index contributed by atoms with van der Waals surface area (Å²) in [7, 11) is 0. The molecule has 2 aliphatic rings. The molecule has 2 aliphatic carbocycles. The second-order valence-corrected chi connectivity index (χ2v) is 7.10. The van der Waals surface area contributed by atoms with Crippen LogP contribution < -0.4 is 9.62 Å². The van der Waals surface area contributed by atoms with E-state index in [1.165, 1.54) is 38.5 Å². The van der Waals surface area contributed by atoms with Crippen molar-refractivity contribution in [1.82, 2.24) is 0 Å². The average Bonchev–Trinajstić information content (AvgIpc) is 2.65. The van der Waals surface area contributed by atoms with Crippen molar-refractivity contribution < 1.29 is 19.3 Å². The van der Waals surface area contributed by atoms with Crippen LogP contribution in [0.1, 0.15) is 64.2 Å². The predicted molar refractivity (Wildman–Crippen MR) is 91.8 cm³/mol. The van der Waals surface area contributed by atoms with Crippen LogP contribution in [0.2, 0.25) is 0 Å². The van der Waals surface area contributed by atoms with E-state index in [1.807, 2.05) is 0 Å². The molecule has 1 aromatic carbocycles. The maximum absolute atomic E-state index is 12.1. The summed E-state index contributed by atoms with van der Waals surface area (Å²) in [6.45, 7) is 0.651. The topological polar surface area (TPSA) is 44.8 Å². The first-order valence-electron chi connectivity index (χ1n) is 9.42. The van der Waals surface area contributed by atoms with Gasteiger partial charge in [0.1, 0.15) is 5.75 Å². The fourth-order valence-electron chi connectivity index (χ4n) is 3.65. The maximum atomic E-state index is 12.1. The zero-order valence-electron chi connectivity index (χ0n) is 14.4. The number of carbonyl (C=O) groups is 1. The molecule has 2 saturated carbocycles. The van der Waals surface area contributed by atoms with Crippen molar-refractivity contribution >= 4 is 5.97 Å². The highest BCUT2D eigenvalue weighted by Crippen LogP contribution is 2.27.